The van der Waals surface area contributed by atoms with E-state index in [1.165, 1.54) is 6.42 Å². The number of phenols is 1. The van der Waals surface area contributed by atoms with Crippen LogP contribution in [0.25, 0.3) is 10.9 Å². The normalized spacial score (nSPS) is 31.2. The number of benzene rings is 1. The van der Waals surface area contributed by atoms with Crippen molar-refractivity contribution in [1.29, 1.82) is 0 Å². The quantitative estimate of drug-likeness (QED) is 0.856. The Hall–Kier alpha value is -1.91. The van der Waals surface area contributed by atoms with Crippen molar-refractivity contribution >= 4 is 10.9 Å². The fourth-order valence-corrected chi connectivity index (χ4v) is 4.33. The Bertz CT molecular complexity index is 745. The first-order valence-electron chi connectivity index (χ1n) is 8.29. The van der Waals surface area contributed by atoms with Gasteiger partial charge in [0.2, 0.25) is 0 Å². The van der Waals surface area contributed by atoms with Gasteiger partial charge in [-0.05, 0) is 61.1 Å². The maximum Gasteiger partial charge on any atom is 0.116 e. The SMILES string of the molecule is C=C[C@H]1CN2CC[C@H]1CC2[C@@H](O)c1ccnc2ccc(O)cc12. The third-order valence-electron chi connectivity index (χ3n) is 5.60. The summed E-state index contributed by atoms with van der Waals surface area (Å²) in [6.07, 6.45) is 5.44. The number of aliphatic hydroxyl groups excluding tert-OH is 1. The van der Waals surface area contributed by atoms with Gasteiger partial charge in [0.05, 0.1) is 11.6 Å². The van der Waals surface area contributed by atoms with E-state index < -0.39 is 6.10 Å². The Morgan fingerprint density at radius 2 is 2.22 bits per heavy atom. The zero-order valence-corrected chi connectivity index (χ0v) is 13.1. The Kier molecular flexibility index (Phi) is 3.58. The number of aromatic hydroxyl groups is 1. The molecule has 4 heterocycles. The average Bonchev–Trinajstić information content (AvgIpc) is 2.60. The number of hydrogen-bond acceptors (Lipinski definition) is 4. The van der Waals surface area contributed by atoms with Crippen LogP contribution in [0.2, 0.25) is 0 Å². The minimum Gasteiger partial charge on any atom is -0.508 e. The molecule has 120 valence electrons. The van der Waals surface area contributed by atoms with Gasteiger partial charge < -0.3 is 10.2 Å². The largest absolute Gasteiger partial charge is 0.508 e. The van der Waals surface area contributed by atoms with Crippen LogP contribution < -0.4 is 0 Å². The minimum absolute atomic E-state index is 0.137. The first-order chi connectivity index (χ1) is 11.2. The standard InChI is InChI=1S/C19H22N2O2/c1-2-12-11-21-8-6-13(12)9-18(21)19(23)15-5-7-20-17-4-3-14(22)10-16(15)17/h2-5,7,10,12-13,18-19,22-23H,1,6,8-9,11H2/t12-,13-,18?,19-/m0/s1. The van der Waals surface area contributed by atoms with Gasteiger partial charge >= 0.3 is 0 Å². The smallest absolute Gasteiger partial charge is 0.116 e. The van der Waals surface area contributed by atoms with E-state index in [2.05, 4.69) is 22.5 Å². The fraction of sp³-hybridized carbons (Fsp3) is 0.421. The highest BCUT2D eigenvalue weighted by atomic mass is 16.3. The lowest BCUT2D eigenvalue weighted by molar-refractivity contribution is -0.0444. The van der Waals surface area contributed by atoms with Crippen molar-refractivity contribution in [1.82, 2.24) is 9.88 Å². The molecule has 5 atom stereocenters. The Morgan fingerprint density at radius 3 is 2.96 bits per heavy atom. The molecule has 23 heavy (non-hydrogen) atoms. The topological polar surface area (TPSA) is 56.6 Å². The summed E-state index contributed by atoms with van der Waals surface area (Å²) in [7, 11) is 0. The maximum absolute atomic E-state index is 11.0. The molecular formula is C19H22N2O2. The molecule has 3 fully saturated rings. The Morgan fingerprint density at radius 1 is 1.35 bits per heavy atom. The van der Waals surface area contributed by atoms with E-state index in [0.717, 1.165) is 36.0 Å². The van der Waals surface area contributed by atoms with Crippen molar-refractivity contribution in [3.05, 3.63) is 48.7 Å². The number of aromatic nitrogens is 1. The van der Waals surface area contributed by atoms with E-state index in [1.807, 2.05) is 6.07 Å². The van der Waals surface area contributed by atoms with Gasteiger partial charge in [-0.2, -0.15) is 0 Å². The van der Waals surface area contributed by atoms with Crippen LogP contribution in [0, 0.1) is 11.8 Å². The minimum atomic E-state index is -0.559. The number of aliphatic hydroxyl groups is 1. The molecule has 3 aliphatic heterocycles. The van der Waals surface area contributed by atoms with E-state index >= 15 is 0 Å². The highest BCUT2D eigenvalue weighted by Crippen LogP contribution is 2.42. The highest BCUT2D eigenvalue weighted by molar-refractivity contribution is 5.83. The number of nitrogens with zero attached hydrogens (tertiary/aromatic N) is 2. The molecular weight excluding hydrogens is 288 g/mol. The van der Waals surface area contributed by atoms with Crippen LogP contribution in [0.5, 0.6) is 5.75 Å². The Balaban J connectivity index is 1.69. The third kappa shape index (κ3) is 2.42. The van der Waals surface area contributed by atoms with E-state index in [4.69, 9.17) is 0 Å². The van der Waals surface area contributed by atoms with E-state index in [-0.39, 0.29) is 11.8 Å². The molecule has 0 spiro atoms. The molecule has 3 aliphatic rings. The van der Waals surface area contributed by atoms with Gasteiger partial charge in [-0.15, -0.1) is 6.58 Å². The number of pyridine rings is 1. The number of rotatable bonds is 3. The second kappa shape index (κ2) is 5.62. The maximum atomic E-state index is 11.0. The second-order valence-electron chi connectivity index (χ2n) is 6.79. The zero-order valence-electron chi connectivity index (χ0n) is 13.1. The summed E-state index contributed by atoms with van der Waals surface area (Å²) in [4.78, 5) is 6.73. The molecule has 0 aliphatic carbocycles. The summed E-state index contributed by atoms with van der Waals surface area (Å²) >= 11 is 0. The van der Waals surface area contributed by atoms with Gasteiger partial charge in [0, 0.05) is 24.2 Å². The molecule has 2 bridgehead atoms. The van der Waals surface area contributed by atoms with Crippen molar-refractivity contribution in [2.24, 2.45) is 11.8 Å². The molecule has 0 amide bonds. The molecule has 0 radical (unpaired) electrons. The van der Waals surface area contributed by atoms with Crippen LogP contribution in [0.1, 0.15) is 24.5 Å². The van der Waals surface area contributed by atoms with Crippen LogP contribution in [0.3, 0.4) is 0 Å². The van der Waals surface area contributed by atoms with E-state index in [1.54, 1.807) is 24.4 Å². The summed E-state index contributed by atoms with van der Waals surface area (Å²) < 4.78 is 0. The summed E-state index contributed by atoms with van der Waals surface area (Å²) in [6, 6.07) is 7.14. The third-order valence-corrected chi connectivity index (χ3v) is 5.60. The monoisotopic (exact) mass is 310 g/mol. The van der Waals surface area contributed by atoms with Crippen molar-refractivity contribution in [2.45, 2.75) is 25.0 Å². The van der Waals surface area contributed by atoms with Crippen LogP contribution in [0.15, 0.2) is 43.1 Å². The van der Waals surface area contributed by atoms with Gasteiger partial charge in [-0.25, -0.2) is 0 Å². The van der Waals surface area contributed by atoms with Crippen LogP contribution >= 0.6 is 0 Å². The van der Waals surface area contributed by atoms with E-state index in [0.29, 0.717) is 11.8 Å². The lowest BCUT2D eigenvalue weighted by Crippen LogP contribution is -2.54. The first kappa shape index (κ1) is 14.7. The van der Waals surface area contributed by atoms with Crippen LogP contribution in [-0.4, -0.2) is 39.2 Å². The molecule has 4 nitrogen and oxygen atoms in total. The van der Waals surface area contributed by atoms with Crippen molar-refractivity contribution in [2.75, 3.05) is 13.1 Å². The van der Waals surface area contributed by atoms with Gasteiger partial charge in [-0.3, -0.25) is 9.88 Å². The summed E-state index contributed by atoms with van der Waals surface area (Å²) in [5, 5.41) is 21.7. The van der Waals surface area contributed by atoms with Gasteiger partial charge in [0.15, 0.2) is 0 Å². The fourth-order valence-electron chi connectivity index (χ4n) is 4.33. The predicted octanol–water partition coefficient (Wildman–Crippen LogP) is 2.87. The molecule has 2 unspecified atom stereocenters. The summed E-state index contributed by atoms with van der Waals surface area (Å²) in [5.74, 6) is 1.38. The van der Waals surface area contributed by atoms with Gasteiger partial charge in [-0.1, -0.05) is 6.08 Å². The van der Waals surface area contributed by atoms with Gasteiger partial charge in [0.1, 0.15) is 5.75 Å². The number of hydrogen-bond donors (Lipinski definition) is 2. The zero-order chi connectivity index (χ0) is 16.0. The molecule has 4 heteroatoms. The number of fused-ring (bicyclic) bond motifs is 4. The number of piperidine rings is 3. The van der Waals surface area contributed by atoms with E-state index in [9.17, 15) is 10.2 Å². The molecule has 3 saturated heterocycles. The Labute approximate surface area is 136 Å². The highest BCUT2D eigenvalue weighted by Gasteiger charge is 2.42. The molecule has 2 aromatic rings. The van der Waals surface area contributed by atoms with Crippen molar-refractivity contribution < 1.29 is 10.2 Å². The number of phenolic OH excluding ortho intramolecular Hbond substituents is 1. The van der Waals surface area contributed by atoms with Crippen LogP contribution in [-0.2, 0) is 0 Å². The predicted molar refractivity (Wildman–Crippen MR) is 90.1 cm³/mol. The first-order valence-corrected chi connectivity index (χ1v) is 8.29. The summed E-state index contributed by atoms with van der Waals surface area (Å²) in [6.45, 7) is 5.99. The lowest BCUT2D eigenvalue weighted by Gasteiger charge is -2.50. The molecule has 2 N–H and O–H groups in total. The molecule has 5 rings (SSSR count). The average molecular weight is 310 g/mol. The van der Waals surface area contributed by atoms with Crippen molar-refractivity contribution in [3.8, 4) is 5.75 Å². The molecule has 1 aromatic carbocycles. The van der Waals surface area contributed by atoms with Crippen molar-refractivity contribution in [3.63, 3.8) is 0 Å². The van der Waals surface area contributed by atoms with Gasteiger partial charge in [0.25, 0.3) is 0 Å². The summed E-state index contributed by atoms with van der Waals surface area (Å²) in [5.41, 5.74) is 1.66. The molecule has 0 saturated carbocycles. The molecule has 1 aromatic heterocycles. The second-order valence-corrected chi connectivity index (χ2v) is 6.79. The van der Waals surface area contributed by atoms with Crippen LogP contribution in [0.4, 0.5) is 0 Å². The lowest BCUT2D eigenvalue weighted by atomic mass is 9.73.